The zero-order valence-corrected chi connectivity index (χ0v) is 9.63. The van der Waals surface area contributed by atoms with Crippen molar-refractivity contribution in [3.8, 4) is 0 Å². The van der Waals surface area contributed by atoms with Gasteiger partial charge in [-0.05, 0) is 13.8 Å². The Labute approximate surface area is 89.3 Å². The lowest BCUT2D eigenvalue weighted by Crippen LogP contribution is -2.36. The van der Waals surface area contributed by atoms with Crippen molar-refractivity contribution >= 4 is 10.0 Å². The number of hydrogen-bond donors (Lipinski definition) is 3. The van der Waals surface area contributed by atoms with Crippen LogP contribution in [0.15, 0.2) is 6.20 Å². The van der Waals surface area contributed by atoms with E-state index < -0.39 is 15.3 Å². The van der Waals surface area contributed by atoms with Crippen molar-refractivity contribution in [1.82, 2.24) is 14.9 Å². The molecule has 0 radical (unpaired) electrons. The van der Waals surface area contributed by atoms with Gasteiger partial charge in [0.2, 0.25) is 10.0 Å². The molecule has 15 heavy (non-hydrogen) atoms. The molecule has 4 N–H and O–H groups in total. The average Bonchev–Trinajstić information content (AvgIpc) is 2.60. The second-order valence-corrected chi connectivity index (χ2v) is 5.62. The number of nitrogens with two attached hydrogens (primary N) is 1. The minimum atomic E-state index is -3.32. The van der Waals surface area contributed by atoms with Gasteiger partial charge in [0.25, 0.3) is 0 Å². The first kappa shape index (κ1) is 12.2. The predicted molar refractivity (Wildman–Crippen MR) is 57.6 cm³/mol. The van der Waals surface area contributed by atoms with Crippen molar-refractivity contribution in [2.75, 3.05) is 6.54 Å². The summed E-state index contributed by atoms with van der Waals surface area (Å²) >= 11 is 0. The van der Waals surface area contributed by atoms with Crippen LogP contribution in [0, 0.1) is 6.92 Å². The van der Waals surface area contributed by atoms with Crippen molar-refractivity contribution < 1.29 is 8.42 Å². The number of nitrogens with zero attached hydrogens (tertiary/aromatic N) is 1. The third kappa shape index (κ3) is 3.01. The molecule has 0 saturated carbocycles. The predicted octanol–water partition coefficient (Wildman–Crippen LogP) is -0.515. The molecule has 6 nitrogen and oxygen atoms in total. The van der Waals surface area contributed by atoms with Gasteiger partial charge in [0.05, 0.1) is 11.4 Å². The van der Waals surface area contributed by atoms with Gasteiger partial charge in [-0.3, -0.25) is 5.10 Å². The van der Waals surface area contributed by atoms with Crippen LogP contribution < -0.4 is 10.5 Å². The summed E-state index contributed by atoms with van der Waals surface area (Å²) in [7, 11) is -3.32. The Morgan fingerprint density at radius 1 is 1.67 bits per heavy atom. The molecule has 1 atom stereocenters. The number of sulfonamides is 1. The summed E-state index contributed by atoms with van der Waals surface area (Å²) in [6.07, 6.45) is 1.60. The molecule has 0 amide bonds. The number of rotatable bonds is 5. The molecule has 1 unspecified atom stereocenters. The Morgan fingerprint density at radius 3 is 2.80 bits per heavy atom. The molecule has 0 fully saturated rings. The van der Waals surface area contributed by atoms with Crippen molar-refractivity contribution in [2.24, 2.45) is 5.73 Å². The molecule has 0 spiro atoms. The molecular weight excluding hydrogens is 216 g/mol. The van der Waals surface area contributed by atoms with Crippen molar-refractivity contribution in [1.29, 1.82) is 0 Å². The molecule has 1 aromatic heterocycles. The first-order chi connectivity index (χ1) is 6.97. The van der Waals surface area contributed by atoms with Crippen LogP contribution >= 0.6 is 0 Å². The molecule has 1 aromatic rings. The molecule has 86 valence electrons. The van der Waals surface area contributed by atoms with Crippen molar-refractivity contribution in [3.63, 3.8) is 0 Å². The highest BCUT2D eigenvalue weighted by atomic mass is 32.2. The van der Waals surface area contributed by atoms with Crippen LogP contribution in [0.1, 0.15) is 18.2 Å². The first-order valence-electron chi connectivity index (χ1n) is 4.64. The summed E-state index contributed by atoms with van der Waals surface area (Å²) in [6, 6.07) is 0. The van der Waals surface area contributed by atoms with Crippen LogP contribution in [0.2, 0.25) is 0 Å². The Balaban J connectivity index is 2.62. The van der Waals surface area contributed by atoms with Crippen LogP contribution in [-0.4, -0.2) is 30.4 Å². The highest BCUT2D eigenvalue weighted by molar-refractivity contribution is 7.90. The summed E-state index contributed by atoms with van der Waals surface area (Å²) in [5.74, 6) is 0. The van der Waals surface area contributed by atoms with Gasteiger partial charge < -0.3 is 5.73 Å². The van der Waals surface area contributed by atoms with Gasteiger partial charge in [-0.1, -0.05) is 0 Å². The molecule has 0 aromatic carbocycles. The Hall–Kier alpha value is -0.920. The molecule has 1 rings (SSSR count). The molecule has 0 bridgehead atoms. The third-order valence-corrected chi connectivity index (χ3v) is 4.06. The van der Waals surface area contributed by atoms with Gasteiger partial charge in [-0.25, -0.2) is 13.1 Å². The van der Waals surface area contributed by atoms with Crippen LogP contribution in [0.25, 0.3) is 0 Å². The highest BCUT2D eigenvalue weighted by Crippen LogP contribution is 2.04. The fourth-order valence-electron chi connectivity index (χ4n) is 1.00. The largest absolute Gasteiger partial charge is 0.329 e. The maximum absolute atomic E-state index is 11.5. The minimum Gasteiger partial charge on any atom is -0.329 e. The second kappa shape index (κ2) is 4.73. The highest BCUT2D eigenvalue weighted by Gasteiger charge is 2.18. The minimum absolute atomic E-state index is 0.111. The Morgan fingerprint density at radius 2 is 2.33 bits per heavy atom. The summed E-state index contributed by atoms with van der Waals surface area (Å²) in [5, 5.41) is 5.96. The number of hydrogen-bond acceptors (Lipinski definition) is 4. The van der Waals surface area contributed by atoms with Gasteiger partial charge in [0.15, 0.2) is 0 Å². The third-order valence-electron chi connectivity index (χ3n) is 2.26. The molecule has 0 aliphatic rings. The lowest BCUT2D eigenvalue weighted by atomic mass is 10.3. The summed E-state index contributed by atoms with van der Waals surface area (Å²) in [6.45, 7) is 3.77. The van der Waals surface area contributed by atoms with Crippen LogP contribution in [-0.2, 0) is 16.6 Å². The van der Waals surface area contributed by atoms with Gasteiger partial charge in [-0.2, -0.15) is 5.10 Å². The van der Waals surface area contributed by atoms with Crippen molar-refractivity contribution in [3.05, 3.63) is 17.5 Å². The quantitative estimate of drug-likeness (QED) is 0.636. The molecule has 0 aliphatic carbocycles. The van der Waals surface area contributed by atoms with E-state index in [-0.39, 0.29) is 13.1 Å². The van der Waals surface area contributed by atoms with Crippen LogP contribution in [0.5, 0.6) is 0 Å². The molecule has 0 aliphatic heterocycles. The maximum Gasteiger partial charge on any atom is 0.215 e. The number of aromatic nitrogens is 2. The van der Waals surface area contributed by atoms with E-state index in [4.69, 9.17) is 5.73 Å². The SMILES string of the molecule is Cc1[nH]ncc1CNS(=O)(=O)C(C)CN. The first-order valence-corrected chi connectivity index (χ1v) is 6.19. The van der Waals surface area contributed by atoms with E-state index in [2.05, 4.69) is 14.9 Å². The van der Waals surface area contributed by atoms with E-state index in [9.17, 15) is 8.42 Å². The fourth-order valence-corrected chi connectivity index (χ4v) is 1.90. The van der Waals surface area contributed by atoms with Gasteiger partial charge in [-0.15, -0.1) is 0 Å². The van der Waals surface area contributed by atoms with Gasteiger partial charge in [0, 0.05) is 24.3 Å². The van der Waals surface area contributed by atoms with Crippen LogP contribution in [0.4, 0.5) is 0 Å². The zero-order chi connectivity index (χ0) is 11.5. The van der Waals surface area contributed by atoms with Crippen molar-refractivity contribution in [2.45, 2.75) is 25.6 Å². The lowest BCUT2D eigenvalue weighted by molar-refractivity contribution is 0.568. The van der Waals surface area contributed by atoms with E-state index in [1.165, 1.54) is 0 Å². The number of H-pyrrole nitrogens is 1. The topological polar surface area (TPSA) is 101 Å². The summed E-state index contributed by atoms with van der Waals surface area (Å²) in [5.41, 5.74) is 6.99. The van der Waals surface area contributed by atoms with Crippen LogP contribution in [0.3, 0.4) is 0 Å². The molecule has 7 heteroatoms. The standard InChI is InChI=1S/C8H16N4O2S/c1-6(3-9)15(13,14)11-5-8-4-10-12-7(8)2/h4,6,11H,3,5,9H2,1-2H3,(H,10,12). The number of nitrogens with one attached hydrogen (secondary N) is 2. The summed E-state index contributed by atoms with van der Waals surface area (Å²) < 4.78 is 25.6. The number of aromatic amines is 1. The van der Waals surface area contributed by atoms with Gasteiger partial charge >= 0.3 is 0 Å². The maximum atomic E-state index is 11.5. The Bertz CT molecular complexity index is 412. The Kier molecular flexibility index (Phi) is 3.83. The summed E-state index contributed by atoms with van der Waals surface area (Å²) in [4.78, 5) is 0. The second-order valence-electron chi connectivity index (χ2n) is 3.43. The lowest BCUT2D eigenvalue weighted by Gasteiger charge is -2.11. The van der Waals surface area contributed by atoms with E-state index >= 15 is 0 Å². The van der Waals surface area contributed by atoms with E-state index in [1.54, 1.807) is 13.1 Å². The molecule has 0 saturated heterocycles. The molecule has 1 heterocycles. The fraction of sp³-hybridized carbons (Fsp3) is 0.625. The monoisotopic (exact) mass is 232 g/mol. The normalized spacial score (nSPS) is 14.1. The number of aryl methyl sites for hydroxylation is 1. The average molecular weight is 232 g/mol. The zero-order valence-electron chi connectivity index (χ0n) is 8.82. The van der Waals surface area contributed by atoms with E-state index in [0.717, 1.165) is 11.3 Å². The van der Waals surface area contributed by atoms with E-state index in [1.807, 2.05) is 6.92 Å². The smallest absolute Gasteiger partial charge is 0.215 e. The molecular formula is C8H16N4O2S. The van der Waals surface area contributed by atoms with Gasteiger partial charge in [0.1, 0.15) is 0 Å². The van der Waals surface area contributed by atoms with E-state index in [0.29, 0.717) is 0 Å².